The van der Waals surface area contributed by atoms with Gasteiger partial charge in [0.15, 0.2) is 0 Å². The molecule has 1 heterocycles. The molecule has 0 bridgehead atoms. The molecule has 0 atom stereocenters. The van der Waals surface area contributed by atoms with E-state index in [1.807, 2.05) is 31.3 Å². The summed E-state index contributed by atoms with van der Waals surface area (Å²) in [6.07, 6.45) is 1.40. The Kier molecular flexibility index (Phi) is 5.23. The molecule has 0 spiro atoms. The molecule has 20 heavy (non-hydrogen) atoms. The highest BCUT2D eigenvalue weighted by molar-refractivity contribution is 5.51. The normalized spacial score (nSPS) is 18.1. The highest BCUT2D eigenvalue weighted by Gasteiger charge is 2.30. The van der Waals surface area contributed by atoms with E-state index >= 15 is 0 Å². The lowest BCUT2D eigenvalue weighted by Crippen LogP contribution is -2.46. The van der Waals surface area contributed by atoms with Gasteiger partial charge in [0.25, 0.3) is 0 Å². The number of rotatable bonds is 6. The molecule has 0 amide bonds. The summed E-state index contributed by atoms with van der Waals surface area (Å²) in [5, 5.41) is 10.4. The topological polar surface area (TPSA) is 68.0 Å². The number of para-hydroxylation sites is 2. The van der Waals surface area contributed by atoms with E-state index in [0.29, 0.717) is 50.6 Å². The lowest BCUT2D eigenvalue weighted by Gasteiger charge is -2.35. The molecule has 0 unspecified atom stereocenters. The Morgan fingerprint density at radius 3 is 2.75 bits per heavy atom. The van der Waals surface area contributed by atoms with Crippen LogP contribution in [0.5, 0.6) is 5.75 Å². The molecule has 3 N–H and O–H groups in total. The number of nitrogen functional groups attached to an aromatic ring is 1. The first-order chi connectivity index (χ1) is 9.59. The number of hydrogen-bond acceptors (Lipinski definition) is 5. The van der Waals surface area contributed by atoms with Crippen LogP contribution in [0.25, 0.3) is 0 Å². The van der Waals surface area contributed by atoms with Crippen LogP contribution >= 0.6 is 0 Å². The molecule has 1 saturated heterocycles. The van der Waals surface area contributed by atoms with Gasteiger partial charge >= 0.3 is 0 Å². The molecular formula is C15H24N2O3. The van der Waals surface area contributed by atoms with E-state index in [1.165, 1.54) is 0 Å². The zero-order valence-corrected chi connectivity index (χ0v) is 12.0. The molecule has 2 rings (SSSR count). The average Bonchev–Trinajstić information content (AvgIpc) is 2.41. The van der Waals surface area contributed by atoms with Crippen LogP contribution < -0.4 is 10.5 Å². The molecule has 1 aromatic carbocycles. The van der Waals surface area contributed by atoms with Crippen molar-refractivity contribution in [2.45, 2.75) is 18.4 Å². The Bertz CT molecular complexity index is 419. The lowest BCUT2D eigenvalue weighted by atomic mass is 9.94. The molecule has 0 aromatic heterocycles. The number of anilines is 1. The van der Waals surface area contributed by atoms with E-state index < -0.39 is 5.60 Å². The number of aliphatic hydroxyl groups is 1. The van der Waals surface area contributed by atoms with Crippen LogP contribution in [0.4, 0.5) is 5.69 Å². The standard InChI is InChI=1S/C15H24N2O3/c1-17(12-15(18)6-9-19-10-7-15)8-11-20-14-5-3-2-4-13(14)16/h2-5,18H,6-12,16H2,1H3. The number of nitrogens with two attached hydrogens (primary N) is 1. The Morgan fingerprint density at radius 2 is 2.05 bits per heavy atom. The summed E-state index contributed by atoms with van der Waals surface area (Å²) in [6, 6.07) is 7.47. The van der Waals surface area contributed by atoms with E-state index in [2.05, 4.69) is 4.90 Å². The molecule has 0 aliphatic carbocycles. The largest absolute Gasteiger partial charge is 0.490 e. The monoisotopic (exact) mass is 280 g/mol. The second-order valence-corrected chi connectivity index (χ2v) is 5.46. The van der Waals surface area contributed by atoms with Gasteiger partial charge in [-0.05, 0) is 19.2 Å². The van der Waals surface area contributed by atoms with Crippen molar-refractivity contribution < 1.29 is 14.6 Å². The fourth-order valence-corrected chi connectivity index (χ4v) is 2.41. The van der Waals surface area contributed by atoms with Gasteiger partial charge in [-0.25, -0.2) is 0 Å². The maximum absolute atomic E-state index is 10.4. The summed E-state index contributed by atoms with van der Waals surface area (Å²) in [6.45, 7) is 3.22. The zero-order valence-electron chi connectivity index (χ0n) is 12.0. The summed E-state index contributed by atoms with van der Waals surface area (Å²) in [5.74, 6) is 0.714. The highest BCUT2D eigenvalue weighted by Crippen LogP contribution is 2.22. The summed E-state index contributed by atoms with van der Waals surface area (Å²) >= 11 is 0. The second-order valence-electron chi connectivity index (χ2n) is 5.46. The summed E-state index contributed by atoms with van der Waals surface area (Å²) < 4.78 is 10.9. The van der Waals surface area contributed by atoms with Crippen molar-refractivity contribution in [3.05, 3.63) is 24.3 Å². The van der Waals surface area contributed by atoms with Crippen molar-refractivity contribution in [3.8, 4) is 5.75 Å². The molecule has 0 radical (unpaired) electrons. The molecule has 5 nitrogen and oxygen atoms in total. The minimum atomic E-state index is -0.626. The quantitative estimate of drug-likeness (QED) is 0.764. The number of ether oxygens (including phenoxy) is 2. The van der Waals surface area contributed by atoms with Crippen LogP contribution in [-0.2, 0) is 4.74 Å². The van der Waals surface area contributed by atoms with E-state index in [1.54, 1.807) is 0 Å². The fraction of sp³-hybridized carbons (Fsp3) is 0.600. The molecule has 1 aliphatic heterocycles. The predicted octanol–water partition coefficient (Wildman–Crippen LogP) is 1.12. The van der Waals surface area contributed by atoms with Crippen LogP contribution in [0, 0.1) is 0 Å². The molecule has 0 saturated carbocycles. The summed E-state index contributed by atoms with van der Waals surface area (Å²) in [4.78, 5) is 2.09. The van der Waals surface area contributed by atoms with Gasteiger partial charge < -0.3 is 25.2 Å². The Balaban J connectivity index is 1.72. The van der Waals surface area contributed by atoms with Gasteiger partial charge in [0.1, 0.15) is 12.4 Å². The minimum absolute atomic E-state index is 0.553. The van der Waals surface area contributed by atoms with Crippen molar-refractivity contribution in [2.75, 3.05) is 45.7 Å². The van der Waals surface area contributed by atoms with Crippen LogP contribution in [0.15, 0.2) is 24.3 Å². The van der Waals surface area contributed by atoms with Crippen molar-refractivity contribution >= 4 is 5.69 Å². The second kappa shape index (κ2) is 6.92. The zero-order chi connectivity index (χ0) is 14.4. The average molecular weight is 280 g/mol. The van der Waals surface area contributed by atoms with Crippen molar-refractivity contribution in [1.82, 2.24) is 4.90 Å². The van der Waals surface area contributed by atoms with Crippen LogP contribution in [0.1, 0.15) is 12.8 Å². The fourth-order valence-electron chi connectivity index (χ4n) is 2.41. The molecule has 1 fully saturated rings. The van der Waals surface area contributed by atoms with Gasteiger partial charge in [-0.15, -0.1) is 0 Å². The first-order valence-corrected chi connectivity index (χ1v) is 7.05. The molecule has 5 heteroatoms. The van der Waals surface area contributed by atoms with Crippen molar-refractivity contribution in [2.24, 2.45) is 0 Å². The third kappa shape index (κ3) is 4.37. The van der Waals surface area contributed by atoms with Gasteiger partial charge in [0.05, 0.1) is 11.3 Å². The molecular weight excluding hydrogens is 256 g/mol. The third-order valence-electron chi connectivity index (χ3n) is 3.64. The lowest BCUT2D eigenvalue weighted by molar-refractivity contribution is -0.0775. The number of benzene rings is 1. The first kappa shape index (κ1) is 15.1. The summed E-state index contributed by atoms with van der Waals surface area (Å²) in [7, 11) is 1.99. The molecule has 1 aliphatic rings. The Labute approximate surface area is 120 Å². The van der Waals surface area contributed by atoms with Gasteiger partial charge in [-0.3, -0.25) is 0 Å². The van der Waals surface area contributed by atoms with Crippen LogP contribution in [0.3, 0.4) is 0 Å². The first-order valence-electron chi connectivity index (χ1n) is 7.05. The van der Waals surface area contributed by atoms with Crippen LogP contribution in [-0.4, -0.2) is 55.6 Å². The minimum Gasteiger partial charge on any atom is -0.490 e. The number of likely N-dealkylation sites (N-methyl/N-ethyl adjacent to an activating group) is 1. The summed E-state index contributed by atoms with van der Waals surface area (Å²) in [5.41, 5.74) is 5.84. The van der Waals surface area contributed by atoms with Crippen molar-refractivity contribution in [1.29, 1.82) is 0 Å². The Hall–Kier alpha value is -1.30. The van der Waals surface area contributed by atoms with Crippen LogP contribution in [0.2, 0.25) is 0 Å². The molecule has 1 aromatic rings. The third-order valence-corrected chi connectivity index (χ3v) is 3.64. The van der Waals surface area contributed by atoms with E-state index in [4.69, 9.17) is 15.2 Å². The van der Waals surface area contributed by atoms with Gasteiger partial charge in [0.2, 0.25) is 0 Å². The van der Waals surface area contributed by atoms with E-state index in [-0.39, 0.29) is 0 Å². The number of nitrogens with zero attached hydrogens (tertiary/aromatic N) is 1. The van der Waals surface area contributed by atoms with E-state index in [0.717, 1.165) is 6.54 Å². The van der Waals surface area contributed by atoms with Gasteiger partial charge in [-0.1, -0.05) is 12.1 Å². The van der Waals surface area contributed by atoms with Gasteiger partial charge in [0, 0.05) is 39.1 Å². The highest BCUT2D eigenvalue weighted by atomic mass is 16.5. The number of hydrogen-bond donors (Lipinski definition) is 2. The smallest absolute Gasteiger partial charge is 0.142 e. The molecule has 112 valence electrons. The predicted molar refractivity (Wildman–Crippen MR) is 78.8 cm³/mol. The maximum atomic E-state index is 10.4. The van der Waals surface area contributed by atoms with Gasteiger partial charge in [-0.2, -0.15) is 0 Å². The Morgan fingerprint density at radius 1 is 1.35 bits per heavy atom. The maximum Gasteiger partial charge on any atom is 0.142 e. The van der Waals surface area contributed by atoms with E-state index in [9.17, 15) is 5.11 Å². The SMILES string of the molecule is CN(CCOc1ccccc1N)CC1(O)CCOCC1. The van der Waals surface area contributed by atoms with Crippen molar-refractivity contribution in [3.63, 3.8) is 0 Å².